The van der Waals surface area contributed by atoms with Gasteiger partial charge >= 0.3 is 6.03 Å². The molecule has 1 heterocycles. The Hall–Kier alpha value is -0.770. The monoisotopic (exact) mass is 268 g/mol. The fourth-order valence-corrected chi connectivity index (χ4v) is 3.59. The first kappa shape index (κ1) is 14.6. The molecule has 2 aliphatic rings. The molecule has 1 unspecified atom stereocenters. The van der Waals surface area contributed by atoms with Gasteiger partial charge in [0.05, 0.1) is 0 Å². The Morgan fingerprint density at radius 1 is 1.32 bits per heavy atom. The third-order valence-electron chi connectivity index (χ3n) is 4.80. The molecule has 2 rings (SSSR count). The summed E-state index contributed by atoms with van der Waals surface area (Å²) >= 11 is 0. The highest BCUT2D eigenvalue weighted by atomic mass is 16.3. The van der Waals surface area contributed by atoms with Crippen LogP contribution in [0.5, 0.6) is 0 Å². The number of hydrogen-bond donors (Lipinski definition) is 2. The maximum absolute atomic E-state index is 12.2. The summed E-state index contributed by atoms with van der Waals surface area (Å²) < 4.78 is 0. The van der Waals surface area contributed by atoms with E-state index in [0.29, 0.717) is 5.41 Å². The van der Waals surface area contributed by atoms with E-state index in [-0.39, 0.29) is 18.7 Å². The summed E-state index contributed by atoms with van der Waals surface area (Å²) in [5, 5.41) is 11.9. The number of nitrogens with zero attached hydrogens (tertiary/aromatic N) is 1. The minimum Gasteiger partial charge on any atom is -0.396 e. The van der Waals surface area contributed by atoms with Gasteiger partial charge in [-0.15, -0.1) is 0 Å². The van der Waals surface area contributed by atoms with Crippen molar-refractivity contribution in [3.05, 3.63) is 0 Å². The quantitative estimate of drug-likeness (QED) is 0.823. The number of amides is 2. The van der Waals surface area contributed by atoms with Crippen molar-refractivity contribution in [2.45, 2.75) is 64.3 Å². The third-order valence-corrected chi connectivity index (χ3v) is 4.80. The first-order valence-corrected chi connectivity index (χ1v) is 7.81. The number of nitrogens with one attached hydrogen (secondary N) is 1. The fourth-order valence-electron chi connectivity index (χ4n) is 3.59. The molecular formula is C15H28N2O2. The normalized spacial score (nSPS) is 23.6. The Morgan fingerprint density at radius 3 is 2.74 bits per heavy atom. The second-order valence-electron chi connectivity index (χ2n) is 6.45. The number of urea groups is 1. The van der Waals surface area contributed by atoms with Crippen LogP contribution in [0.4, 0.5) is 4.79 Å². The van der Waals surface area contributed by atoms with E-state index in [9.17, 15) is 4.79 Å². The van der Waals surface area contributed by atoms with Crippen molar-refractivity contribution in [2.75, 3.05) is 19.7 Å². The molecule has 1 aliphatic carbocycles. The first-order chi connectivity index (χ1) is 9.15. The molecule has 1 saturated heterocycles. The Morgan fingerprint density at radius 2 is 2.05 bits per heavy atom. The van der Waals surface area contributed by atoms with Crippen LogP contribution >= 0.6 is 0 Å². The molecule has 0 aromatic heterocycles. The molecule has 4 heteroatoms. The molecule has 0 bridgehead atoms. The highest BCUT2D eigenvalue weighted by Gasteiger charge is 2.40. The molecule has 1 spiro atoms. The maximum atomic E-state index is 12.2. The number of carbonyl (C=O) groups excluding carboxylic acids is 1. The van der Waals surface area contributed by atoms with E-state index < -0.39 is 0 Å². The highest BCUT2D eigenvalue weighted by Crippen LogP contribution is 2.43. The smallest absolute Gasteiger partial charge is 0.317 e. The van der Waals surface area contributed by atoms with Crippen molar-refractivity contribution < 1.29 is 9.90 Å². The average molecular weight is 268 g/mol. The summed E-state index contributed by atoms with van der Waals surface area (Å²) in [5.41, 5.74) is 0.434. The lowest BCUT2D eigenvalue weighted by Gasteiger charge is -2.33. The van der Waals surface area contributed by atoms with Gasteiger partial charge in [0.1, 0.15) is 0 Å². The van der Waals surface area contributed by atoms with Crippen molar-refractivity contribution in [3.63, 3.8) is 0 Å². The molecule has 0 radical (unpaired) electrons. The van der Waals surface area contributed by atoms with E-state index in [1.807, 2.05) is 11.8 Å². The minimum atomic E-state index is 0.0906. The van der Waals surface area contributed by atoms with Gasteiger partial charge in [-0.2, -0.15) is 0 Å². The van der Waals surface area contributed by atoms with Crippen molar-refractivity contribution in [3.8, 4) is 0 Å². The number of hydrogen-bond acceptors (Lipinski definition) is 2. The van der Waals surface area contributed by atoms with E-state index >= 15 is 0 Å². The van der Waals surface area contributed by atoms with E-state index in [0.717, 1.165) is 25.9 Å². The van der Waals surface area contributed by atoms with Gasteiger partial charge in [0, 0.05) is 25.7 Å². The van der Waals surface area contributed by atoms with Gasteiger partial charge in [0.25, 0.3) is 0 Å². The fraction of sp³-hybridized carbons (Fsp3) is 0.933. The Bertz CT molecular complexity index is 301. The molecule has 4 nitrogen and oxygen atoms in total. The zero-order valence-electron chi connectivity index (χ0n) is 12.2. The van der Waals surface area contributed by atoms with Crippen molar-refractivity contribution in [2.24, 2.45) is 5.41 Å². The topological polar surface area (TPSA) is 52.6 Å². The lowest BCUT2D eigenvalue weighted by molar-refractivity contribution is 0.174. The van der Waals surface area contributed by atoms with Gasteiger partial charge in [-0.25, -0.2) is 4.79 Å². The molecule has 110 valence electrons. The predicted molar refractivity (Wildman–Crippen MR) is 76.0 cm³/mol. The van der Waals surface area contributed by atoms with Crippen LogP contribution in [0, 0.1) is 5.41 Å². The molecule has 1 atom stereocenters. The van der Waals surface area contributed by atoms with Gasteiger partial charge in [-0.3, -0.25) is 0 Å². The first-order valence-electron chi connectivity index (χ1n) is 7.81. The van der Waals surface area contributed by atoms with Crippen LogP contribution in [0.15, 0.2) is 0 Å². The summed E-state index contributed by atoms with van der Waals surface area (Å²) in [6.07, 6.45) is 9.43. The van der Waals surface area contributed by atoms with Gasteiger partial charge < -0.3 is 15.3 Å². The van der Waals surface area contributed by atoms with Crippen molar-refractivity contribution in [1.82, 2.24) is 10.2 Å². The maximum Gasteiger partial charge on any atom is 0.317 e. The molecule has 0 aromatic rings. The van der Waals surface area contributed by atoms with Crippen LogP contribution in [-0.2, 0) is 0 Å². The minimum absolute atomic E-state index is 0.0906. The molecule has 2 fully saturated rings. The van der Waals surface area contributed by atoms with E-state index in [1.165, 1.54) is 38.5 Å². The molecule has 1 saturated carbocycles. The molecule has 19 heavy (non-hydrogen) atoms. The SMILES string of the molecule is CC(CCCO)NC(=O)N1CCC2(CCCCC2)C1. The van der Waals surface area contributed by atoms with Gasteiger partial charge in [-0.1, -0.05) is 19.3 Å². The predicted octanol–water partition coefficient (Wildman–Crippen LogP) is 2.51. The summed E-state index contributed by atoms with van der Waals surface area (Å²) in [7, 11) is 0. The summed E-state index contributed by atoms with van der Waals surface area (Å²) in [6.45, 7) is 4.08. The van der Waals surface area contributed by atoms with Gasteiger partial charge in [0.15, 0.2) is 0 Å². The number of aliphatic hydroxyl groups excluding tert-OH is 1. The van der Waals surface area contributed by atoms with Crippen LogP contribution < -0.4 is 5.32 Å². The largest absolute Gasteiger partial charge is 0.396 e. The van der Waals surface area contributed by atoms with Crippen LogP contribution in [0.3, 0.4) is 0 Å². The van der Waals surface area contributed by atoms with E-state index in [1.54, 1.807) is 0 Å². The van der Waals surface area contributed by atoms with E-state index in [2.05, 4.69) is 5.32 Å². The van der Waals surface area contributed by atoms with E-state index in [4.69, 9.17) is 5.11 Å². The van der Waals surface area contributed by atoms with Crippen molar-refractivity contribution in [1.29, 1.82) is 0 Å². The Kier molecular flexibility index (Phi) is 5.08. The molecule has 0 aromatic carbocycles. The zero-order chi connectivity index (χ0) is 13.7. The molecular weight excluding hydrogens is 240 g/mol. The molecule has 2 N–H and O–H groups in total. The van der Waals surface area contributed by atoms with Crippen LogP contribution in [0.25, 0.3) is 0 Å². The lowest BCUT2D eigenvalue weighted by Crippen LogP contribution is -2.43. The third kappa shape index (κ3) is 3.85. The molecule has 2 amide bonds. The van der Waals surface area contributed by atoms with Crippen LogP contribution in [0.1, 0.15) is 58.3 Å². The Labute approximate surface area is 116 Å². The number of likely N-dealkylation sites (tertiary alicyclic amines) is 1. The second-order valence-corrected chi connectivity index (χ2v) is 6.45. The van der Waals surface area contributed by atoms with Crippen molar-refractivity contribution >= 4 is 6.03 Å². The zero-order valence-corrected chi connectivity index (χ0v) is 12.2. The standard InChI is InChI=1S/C15H28N2O2/c1-13(6-5-11-18)16-14(19)17-10-9-15(12-17)7-3-2-4-8-15/h13,18H,2-12H2,1H3,(H,16,19). The summed E-state index contributed by atoms with van der Waals surface area (Å²) in [5.74, 6) is 0. The number of aliphatic hydroxyl groups is 1. The molecule has 1 aliphatic heterocycles. The van der Waals surface area contributed by atoms with Gasteiger partial charge in [0.2, 0.25) is 0 Å². The Balaban J connectivity index is 1.78. The lowest BCUT2D eigenvalue weighted by atomic mass is 9.73. The van der Waals surface area contributed by atoms with Gasteiger partial charge in [-0.05, 0) is 44.4 Å². The number of rotatable bonds is 4. The van der Waals surface area contributed by atoms with Crippen LogP contribution in [0.2, 0.25) is 0 Å². The average Bonchev–Trinajstić information content (AvgIpc) is 2.81. The summed E-state index contributed by atoms with van der Waals surface area (Å²) in [4.78, 5) is 14.2. The number of carbonyl (C=O) groups is 1. The second kappa shape index (κ2) is 6.60. The summed E-state index contributed by atoms with van der Waals surface area (Å²) in [6, 6.07) is 0.246. The highest BCUT2D eigenvalue weighted by molar-refractivity contribution is 5.74. The van der Waals surface area contributed by atoms with Crippen LogP contribution in [-0.4, -0.2) is 41.8 Å².